The Morgan fingerprint density at radius 3 is 2.45 bits per heavy atom. The number of hydrogen-bond donors (Lipinski definition) is 3. The van der Waals surface area contributed by atoms with Gasteiger partial charge in [-0.2, -0.15) is 0 Å². The molecule has 29 heavy (non-hydrogen) atoms. The smallest absolute Gasteiger partial charge is 0.321 e. The van der Waals surface area contributed by atoms with Crippen LogP contribution < -0.4 is 11.1 Å². The van der Waals surface area contributed by atoms with Crippen LogP contribution in [0.5, 0.6) is 0 Å². The molecule has 0 aromatic heterocycles. The molecule has 2 aromatic rings. The van der Waals surface area contributed by atoms with Gasteiger partial charge in [-0.25, -0.2) is 4.39 Å². The number of aliphatic carboxylic acids is 1. The maximum absolute atomic E-state index is 15.1. The first kappa shape index (κ1) is 22.2. The summed E-state index contributed by atoms with van der Waals surface area (Å²) in [6.07, 6.45) is 0.613. The van der Waals surface area contributed by atoms with Crippen LogP contribution in [0.2, 0.25) is 5.02 Å². The van der Waals surface area contributed by atoms with E-state index in [1.807, 2.05) is 24.3 Å². The molecular weight excluding hydrogens is 459 g/mol. The number of halogens is 3. The molecule has 0 aliphatic carbocycles. The van der Waals surface area contributed by atoms with Crippen molar-refractivity contribution in [2.24, 2.45) is 11.1 Å². The lowest BCUT2D eigenvalue weighted by Crippen LogP contribution is -2.52. The quantitative estimate of drug-likeness (QED) is 0.569. The molecule has 1 saturated heterocycles. The highest BCUT2D eigenvalue weighted by atomic mass is 79.9. The van der Waals surface area contributed by atoms with E-state index in [1.165, 1.54) is 6.07 Å². The Morgan fingerprint density at radius 1 is 1.28 bits per heavy atom. The second-order valence-corrected chi connectivity index (χ2v) is 10.2. The second kappa shape index (κ2) is 7.99. The number of carboxylic acid groups (broad SMARTS) is 1. The minimum Gasteiger partial charge on any atom is -0.480 e. The van der Waals surface area contributed by atoms with Gasteiger partial charge in [-0.15, -0.1) is 0 Å². The molecule has 4 atom stereocenters. The van der Waals surface area contributed by atoms with Crippen LogP contribution >= 0.6 is 27.5 Å². The van der Waals surface area contributed by atoms with Crippen molar-refractivity contribution < 1.29 is 14.3 Å². The summed E-state index contributed by atoms with van der Waals surface area (Å²) in [5, 5.41) is 13.1. The molecule has 0 radical (unpaired) electrons. The molecule has 4 N–H and O–H groups in total. The van der Waals surface area contributed by atoms with Gasteiger partial charge in [0.15, 0.2) is 0 Å². The van der Waals surface area contributed by atoms with E-state index >= 15 is 4.39 Å². The summed E-state index contributed by atoms with van der Waals surface area (Å²) >= 11 is 9.46. The van der Waals surface area contributed by atoms with E-state index in [0.29, 0.717) is 6.42 Å². The molecule has 0 amide bonds. The molecule has 3 rings (SSSR count). The largest absolute Gasteiger partial charge is 0.480 e. The first-order valence-electron chi connectivity index (χ1n) is 9.43. The molecule has 0 unspecified atom stereocenters. The zero-order valence-electron chi connectivity index (χ0n) is 16.5. The van der Waals surface area contributed by atoms with E-state index < -0.39 is 29.3 Å². The fraction of sp³-hybridized carbons (Fsp3) is 0.409. The summed E-state index contributed by atoms with van der Waals surface area (Å²) in [6, 6.07) is 10.7. The summed E-state index contributed by atoms with van der Waals surface area (Å²) in [5.41, 5.74) is 6.74. The molecule has 7 heteroatoms. The monoisotopic (exact) mass is 482 g/mol. The molecular formula is C22H25BrClFN2O2. The van der Waals surface area contributed by atoms with Gasteiger partial charge in [0.25, 0.3) is 0 Å². The van der Waals surface area contributed by atoms with Crippen molar-refractivity contribution >= 4 is 33.5 Å². The van der Waals surface area contributed by atoms with E-state index in [9.17, 15) is 9.90 Å². The number of hydrogen-bond acceptors (Lipinski definition) is 3. The third-order valence-corrected chi connectivity index (χ3v) is 6.37. The van der Waals surface area contributed by atoms with Crippen LogP contribution in [-0.4, -0.2) is 23.2 Å². The van der Waals surface area contributed by atoms with Crippen molar-refractivity contribution in [3.8, 4) is 0 Å². The highest BCUT2D eigenvalue weighted by Crippen LogP contribution is 2.49. The lowest BCUT2D eigenvalue weighted by molar-refractivity contribution is -0.139. The van der Waals surface area contributed by atoms with Gasteiger partial charge in [-0.3, -0.25) is 10.1 Å². The van der Waals surface area contributed by atoms with Crippen LogP contribution in [0.1, 0.15) is 44.2 Å². The number of nitrogens with two attached hydrogens (primary N) is 1. The van der Waals surface area contributed by atoms with Crippen molar-refractivity contribution in [1.82, 2.24) is 5.32 Å². The summed E-state index contributed by atoms with van der Waals surface area (Å²) in [5.74, 6) is -2.54. The van der Waals surface area contributed by atoms with E-state index in [1.54, 1.807) is 12.1 Å². The summed E-state index contributed by atoms with van der Waals surface area (Å²) in [7, 11) is 0. The van der Waals surface area contributed by atoms with Crippen LogP contribution in [0.25, 0.3) is 0 Å². The Hall–Kier alpha value is -1.47. The van der Waals surface area contributed by atoms with Gasteiger partial charge in [-0.05, 0) is 41.2 Å². The second-order valence-electron chi connectivity index (χ2n) is 8.86. The van der Waals surface area contributed by atoms with Crippen molar-refractivity contribution in [2.45, 2.75) is 50.7 Å². The van der Waals surface area contributed by atoms with Crippen LogP contribution in [0, 0.1) is 11.2 Å². The van der Waals surface area contributed by atoms with Crippen molar-refractivity contribution in [3.05, 3.63) is 68.9 Å². The first-order chi connectivity index (χ1) is 13.4. The number of nitrogens with one attached hydrogen (secondary N) is 1. The average molecular weight is 484 g/mol. The van der Waals surface area contributed by atoms with Gasteiger partial charge >= 0.3 is 5.97 Å². The Bertz CT molecular complexity index is 916. The Balaban J connectivity index is 2.25. The normalized spacial score (nSPS) is 27.2. The van der Waals surface area contributed by atoms with Crippen molar-refractivity contribution in [2.75, 3.05) is 0 Å². The zero-order chi connectivity index (χ0) is 21.6. The molecule has 156 valence electrons. The van der Waals surface area contributed by atoms with Gasteiger partial charge in [0.1, 0.15) is 11.9 Å². The zero-order valence-corrected chi connectivity index (χ0v) is 18.9. The maximum Gasteiger partial charge on any atom is 0.321 e. The molecule has 1 aliphatic rings. The Labute approximate surface area is 183 Å². The molecule has 4 nitrogen and oxygen atoms in total. The van der Waals surface area contributed by atoms with Gasteiger partial charge < -0.3 is 10.8 Å². The molecule has 2 aromatic carbocycles. The fourth-order valence-corrected chi connectivity index (χ4v) is 4.76. The number of carboxylic acids is 1. The van der Waals surface area contributed by atoms with Crippen LogP contribution in [0.15, 0.2) is 46.9 Å². The molecule has 1 fully saturated rings. The number of benzene rings is 2. The van der Waals surface area contributed by atoms with E-state index in [2.05, 4.69) is 42.0 Å². The highest BCUT2D eigenvalue weighted by molar-refractivity contribution is 9.10. The van der Waals surface area contributed by atoms with E-state index in [-0.39, 0.29) is 22.0 Å². The summed E-state index contributed by atoms with van der Waals surface area (Å²) in [4.78, 5) is 12.2. The predicted octanol–water partition coefficient (Wildman–Crippen LogP) is 5.04. The third kappa shape index (κ3) is 4.22. The number of carbonyl (C=O) groups is 1. The molecule has 1 aliphatic heterocycles. The van der Waals surface area contributed by atoms with Gasteiger partial charge in [0.2, 0.25) is 0 Å². The predicted molar refractivity (Wildman–Crippen MR) is 117 cm³/mol. The molecule has 0 spiro atoms. The average Bonchev–Trinajstić information content (AvgIpc) is 2.90. The lowest BCUT2D eigenvalue weighted by atomic mass is 9.68. The van der Waals surface area contributed by atoms with Crippen molar-refractivity contribution in [3.63, 3.8) is 0 Å². The first-order valence-corrected chi connectivity index (χ1v) is 10.6. The fourth-order valence-electron chi connectivity index (χ4n) is 4.31. The van der Waals surface area contributed by atoms with Gasteiger partial charge in [-0.1, -0.05) is 72.6 Å². The molecule has 0 saturated carbocycles. The SMILES string of the molecule is CC(C)(C)C[C@@H]1N[C@@H](C(=O)O)[C@H](c2cccc(Cl)c2F)[C@@]1(N)c1ccc(Br)cc1. The highest BCUT2D eigenvalue weighted by Gasteiger charge is 2.57. The topological polar surface area (TPSA) is 75.3 Å². The summed E-state index contributed by atoms with van der Waals surface area (Å²) in [6.45, 7) is 6.21. The van der Waals surface area contributed by atoms with Gasteiger partial charge in [0.05, 0.1) is 10.6 Å². The van der Waals surface area contributed by atoms with Crippen molar-refractivity contribution in [1.29, 1.82) is 0 Å². The maximum atomic E-state index is 15.1. The third-order valence-electron chi connectivity index (χ3n) is 5.55. The minimum absolute atomic E-state index is 0.0518. The standard InChI is InChI=1S/C22H25BrClFN2O2/c1-21(2,3)11-16-22(26,12-7-9-13(23)10-8-12)17(19(27-16)20(28)29)14-5-4-6-15(24)18(14)25/h4-10,16-17,19,27H,11,26H2,1-3H3,(H,28,29)/t16-,17-,19+,22+/m0/s1. The van der Waals surface area contributed by atoms with Crippen LogP contribution in [0.4, 0.5) is 4.39 Å². The minimum atomic E-state index is -1.15. The Kier molecular flexibility index (Phi) is 6.12. The number of rotatable bonds is 4. The van der Waals surface area contributed by atoms with Gasteiger partial charge in [0, 0.05) is 16.4 Å². The van der Waals surface area contributed by atoms with E-state index in [4.69, 9.17) is 17.3 Å². The summed E-state index contributed by atoms with van der Waals surface area (Å²) < 4.78 is 15.9. The van der Waals surface area contributed by atoms with Crippen LogP contribution in [0.3, 0.4) is 0 Å². The molecule has 1 heterocycles. The van der Waals surface area contributed by atoms with Crippen LogP contribution in [-0.2, 0) is 10.3 Å². The Morgan fingerprint density at radius 2 is 1.90 bits per heavy atom. The molecule has 0 bridgehead atoms. The van der Waals surface area contributed by atoms with E-state index in [0.717, 1.165) is 10.0 Å². The lowest BCUT2D eigenvalue weighted by Gasteiger charge is -2.39.